The number of carbonyl (C=O) groups excluding carboxylic acids is 1. The van der Waals surface area contributed by atoms with E-state index in [-0.39, 0.29) is 17.7 Å². The molecule has 1 aromatic carbocycles. The maximum absolute atomic E-state index is 12.2. The van der Waals surface area contributed by atoms with E-state index < -0.39 is 0 Å². The van der Waals surface area contributed by atoms with Gasteiger partial charge in [0.15, 0.2) is 5.82 Å². The highest BCUT2D eigenvalue weighted by atomic mass is 35.5. The lowest BCUT2D eigenvalue weighted by atomic mass is 9.86. The van der Waals surface area contributed by atoms with Crippen LogP contribution in [0.25, 0.3) is 11.4 Å². The van der Waals surface area contributed by atoms with Crippen molar-refractivity contribution in [3.8, 4) is 11.4 Å². The van der Waals surface area contributed by atoms with Crippen molar-refractivity contribution in [1.29, 1.82) is 0 Å². The van der Waals surface area contributed by atoms with Crippen LogP contribution < -0.4 is 11.2 Å². The molecule has 0 radical (unpaired) electrons. The van der Waals surface area contributed by atoms with Crippen LogP contribution in [0.15, 0.2) is 29.4 Å². The Morgan fingerprint density at radius 3 is 2.88 bits per heavy atom. The predicted octanol–water partition coefficient (Wildman–Crippen LogP) is 3.10. The number of nitrogens with one attached hydrogen (secondary N) is 1. The van der Waals surface area contributed by atoms with Gasteiger partial charge in [0.2, 0.25) is 11.1 Å². The minimum absolute atomic E-state index is 0.00560. The maximum atomic E-state index is 12.2. The zero-order valence-corrected chi connectivity index (χ0v) is 15.7. The molecule has 1 fully saturated rings. The number of hydrogen-bond donors (Lipinski definition) is 2. The Labute approximate surface area is 156 Å². The first-order valence-electron chi connectivity index (χ1n) is 8.44. The first-order chi connectivity index (χ1) is 12.1. The van der Waals surface area contributed by atoms with Crippen LogP contribution >= 0.6 is 23.4 Å². The fraction of sp³-hybridized carbons (Fsp3) is 0.471. The first-order valence-corrected chi connectivity index (χ1v) is 9.80. The molecule has 1 saturated carbocycles. The van der Waals surface area contributed by atoms with Crippen LogP contribution in [-0.4, -0.2) is 32.6 Å². The minimum atomic E-state index is 0.00560. The smallest absolute Gasteiger partial charge is 0.230 e. The van der Waals surface area contributed by atoms with E-state index in [1.54, 1.807) is 6.07 Å². The third-order valence-corrected chi connectivity index (χ3v) is 5.84. The predicted molar refractivity (Wildman–Crippen MR) is 101 cm³/mol. The van der Waals surface area contributed by atoms with E-state index in [2.05, 4.69) is 22.4 Å². The average Bonchev–Trinajstić information content (AvgIpc) is 2.96. The third-order valence-electron chi connectivity index (χ3n) is 4.57. The van der Waals surface area contributed by atoms with Crippen molar-refractivity contribution in [3.63, 3.8) is 0 Å². The van der Waals surface area contributed by atoms with Gasteiger partial charge in [0, 0.05) is 11.6 Å². The van der Waals surface area contributed by atoms with Crippen molar-refractivity contribution in [1.82, 2.24) is 20.2 Å². The highest BCUT2D eigenvalue weighted by molar-refractivity contribution is 7.99. The molecule has 8 heteroatoms. The van der Waals surface area contributed by atoms with Crippen molar-refractivity contribution < 1.29 is 4.79 Å². The van der Waals surface area contributed by atoms with Crippen LogP contribution in [0, 0.1) is 5.92 Å². The van der Waals surface area contributed by atoms with Gasteiger partial charge in [-0.1, -0.05) is 55.3 Å². The summed E-state index contributed by atoms with van der Waals surface area (Å²) in [5.74, 6) is 7.36. The van der Waals surface area contributed by atoms with Crippen LogP contribution in [0.1, 0.15) is 32.6 Å². The number of halogens is 1. The molecule has 1 heterocycles. The van der Waals surface area contributed by atoms with E-state index in [0.29, 0.717) is 27.5 Å². The zero-order chi connectivity index (χ0) is 17.8. The maximum Gasteiger partial charge on any atom is 0.230 e. The summed E-state index contributed by atoms with van der Waals surface area (Å²) in [6.45, 7) is 2.20. The summed E-state index contributed by atoms with van der Waals surface area (Å²) in [4.78, 5) is 12.2. The molecule has 6 nitrogen and oxygen atoms in total. The quantitative estimate of drug-likeness (QED) is 0.615. The van der Waals surface area contributed by atoms with Crippen molar-refractivity contribution in [3.05, 3.63) is 29.3 Å². The van der Waals surface area contributed by atoms with Gasteiger partial charge in [-0.2, -0.15) is 0 Å². The van der Waals surface area contributed by atoms with Gasteiger partial charge in [0.1, 0.15) is 0 Å². The van der Waals surface area contributed by atoms with E-state index in [4.69, 9.17) is 17.4 Å². The largest absolute Gasteiger partial charge is 0.352 e. The standard InChI is InChI=1S/C17H22ClN5OS/c1-11-6-2-5-9-14(11)20-15(24)10-25-17-22-21-16(23(17)19)12-7-3-4-8-13(12)18/h3-4,7-8,11,14H,2,5-6,9-10,19H2,1H3,(H,20,24)/t11-,14-/m1/s1. The summed E-state index contributed by atoms with van der Waals surface area (Å²) < 4.78 is 1.38. The zero-order valence-electron chi connectivity index (χ0n) is 14.1. The number of rotatable bonds is 5. The van der Waals surface area contributed by atoms with E-state index in [1.165, 1.54) is 35.7 Å². The molecule has 134 valence electrons. The Balaban J connectivity index is 1.60. The van der Waals surface area contributed by atoms with E-state index in [0.717, 1.165) is 6.42 Å². The summed E-state index contributed by atoms with van der Waals surface area (Å²) >= 11 is 7.46. The van der Waals surface area contributed by atoms with Crippen LogP contribution in [0.4, 0.5) is 0 Å². The molecular formula is C17H22ClN5OS. The van der Waals surface area contributed by atoms with Crippen LogP contribution in [-0.2, 0) is 4.79 Å². The summed E-state index contributed by atoms with van der Waals surface area (Å²) in [5, 5.41) is 12.4. The van der Waals surface area contributed by atoms with Gasteiger partial charge in [0.05, 0.1) is 10.8 Å². The van der Waals surface area contributed by atoms with Gasteiger partial charge in [0.25, 0.3) is 0 Å². The summed E-state index contributed by atoms with van der Waals surface area (Å²) in [6, 6.07) is 7.59. The highest BCUT2D eigenvalue weighted by Crippen LogP contribution is 2.28. The lowest BCUT2D eigenvalue weighted by Crippen LogP contribution is -2.41. The highest BCUT2D eigenvalue weighted by Gasteiger charge is 2.23. The second-order valence-electron chi connectivity index (χ2n) is 6.38. The van der Waals surface area contributed by atoms with Gasteiger partial charge < -0.3 is 11.2 Å². The number of aromatic nitrogens is 3. The molecule has 3 rings (SSSR count). The molecule has 1 amide bonds. The van der Waals surface area contributed by atoms with Gasteiger partial charge in [-0.05, 0) is 30.9 Å². The molecule has 2 aromatic rings. The molecule has 1 aromatic heterocycles. The fourth-order valence-electron chi connectivity index (χ4n) is 3.11. The summed E-state index contributed by atoms with van der Waals surface area (Å²) in [7, 11) is 0. The lowest BCUT2D eigenvalue weighted by molar-refractivity contribution is -0.119. The number of nitrogen functional groups attached to an aromatic ring is 1. The van der Waals surface area contributed by atoms with Gasteiger partial charge >= 0.3 is 0 Å². The molecule has 1 aliphatic carbocycles. The van der Waals surface area contributed by atoms with Crippen molar-refractivity contribution in [2.75, 3.05) is 11.6 Å². The van der Waals surface area contributed by atoms with E-state index >= 15 is 0 Å². The number of benzene rings is 1. The molecule has 0 unspecified atom stereocenters. The Hall–Kier alpha value is -1.73. The lowest BCUT2D eigenvalue weighted by Gasteiger charge is -2.29. The van der Waals surface area contributed by atoms with E-state index in [9.17, 15) is 4.79 Å². The monoisotopic (exact) mass is 379 g/mol. The average molecular weight is 380 g/mol. The Morgan fingerprint density at radius 2 is 2.12 bits per heavy atom. The molecule has 0 aliphatic heterocycles. The van der Waals surface area contributed by atoms with Crippen LogP contribution in [0.2, 0.25) is 5.02 Å². The van der Waals surface area contributed by atoms with Gasteiger partial charge in [-0.3, -0.25) is 4.79 Å². The molecule has 3 N–H and O–H groups in total. The Kier molecular flexibility index (Phi) is 5.86. The fourth-order valence-corrected chi connectivity index (χ4v) is 4.00. The Bertz CT molecular complexity index is 750. The number of carbonyl (C=O) groups is 1. The van der Waals surface area contributed by atoms with Crippen molar-refractivity contribution >= 4 is 29.3 Å². The van der Waals surface area contributed by atoms with Crippen molar-refractivity contribution in [2.45, 2.75) is 43.8 Å². The van der Waals surface area contributed by atoms with Crippen LogP contribution in [0.5, 0.6) is 0 Å². The number of thioether (sulfide) groups is 1. The topological polar surface area (TPSA) is 85.8 Å². The van der Waals surface area contributed by atoms with Gasteiger partial charge in [-0.15, -0.1) is 10.2 Å². The normalized spacial score (nSPS) is 20.4. The SMILES string of the molecule is C[C@@H]1CCCC[C@H]1NC(=O)CSc1nnc(-c2ccccc2Cl)n1N. The second kappa shape index (κ2) is 8.10. The Morgan fingerprint density at radius 1 is 1.36 bits per heavy atom. The summed E-state index contributed by atoms with van der Waals surface area (Å²) in [6.07, 6.45) is 4.67. The second-order valence-corrected chi connectivity index (χ2v) is 7.73. The number of nitrogens with two attached hydrogens (primary N) is 1. The number of hydrogen-bond acceptors (Lipinski definition) is 5. The van der Waals surface area contributed by atoms with Crippen LogP contribution in [0.3, 0.4) is 0 Å². The third kappa shape index (κ3) is 4.27. The molecule has 2 atom stereocenters. The molecule has 25 heavy (non-hydrogen) atoms. The number of amides is 1. The molecule has 0 bridgehead atoms. The molecule has 1 aliphatic rings. The number of nitrogens with zero attached hydrogens (tertiary/aromatic N) is 3. The first kappa shape index (κ1) is 18.1. The molecule has 0 saturated heterocycles. The van der Waals surface area contributed by atoms with Gasteiger partial charge in [-0.25, -0.2) is 4.68 Å². The van der Waals surface area contributed by atoms with E-state index in [1.807, 2.05) is 18.2 Å². The molecular weight excluding hydrogens is 358 g/mol. The summed E-state index contributed by atoms with van der Waals surface area (Å²) in [5.41, 5.74) is 0.714. The molecule has 0 spiro atoms. The van der Waals surface area contributed by atoms with Crippen molar-refractivity contribution in [2.24, 2.45) is 5.92 Å². The minimum Gasteiger partial charge on any atom is -0.352 e.